The van der Waals surface area contributed by atoms with E-state index < -0.39 is 0 Å². The highest BCUT2D eigenvalue weighted by atomic mass is 35.5. The second-order valence-corrected chi connectivity index (χ2v) is 8.63. The number of aryl methyl sites for hydroxylation is 1. The molecule has 5 heteroatoms. The quantitative estimate of drug-likeness (QED) is 0.554. The van der Waals surface area contributed by atoms with Crippen molar-refractivity contribution in [1.29, 1.82) is 0 Å². The largest absolute Gasteiger partial charge is 0.349 e. The van der Waals surface area contributed by atoms with Crippen molar-refractivity contribution < 1.29 is 9.59 Å². The zero-order valence-corrected chi connectivity index (χ0v) is 18.7. The van der Waals surface area contributed by atoms with Gasteiger partial charge in [-0.3, -0.25) is 9.59 Å². The number of piperidine rings is 1. The number of benzene rings is 3. The van der Waals surface area contributed by atoms with Crippen LogP contribution >= 0.6 is 11.6 Å². The Kier molecular flexibility index (Phi) is 7.23. The summed E-state index contributed by atoms with van der Waals surface area (Å²) in [5.41, 5.74) is 3.99. The van der Waals surface area contributed by atoms with Gasteiger partial charge in [0.1, 0.15) is 0 Å². The van der Waals surface area contributed by atoms with Gasteiger partial charge in [-0.2, -0.15) is 0 Å². The van der Waals surface area contributed by atoms with Crippen molar-refractivity contribution in [2.75, 3.05) is 13.1 Å². The van der Waals surface area contributed by atoms with Crippen LogP contribution in [0, 0.1) is 0 Å². The Morgan fingerprint density at radius 1 is 0.844 bits per heavy atom. The fraction of sp³-hybridized carbons (Fsp3) is 0.259. The first-order valence-corrected chi connectivity index (χ1v) is 11.4. The van der Waals surface area contributed by atoms with E-state index in [9.17, 15) is 9.59 Å². The van der Waals surface area contributed by atoms with Crippen molar-refractivity contribution in [2.24, 2.45) is 0 Å². The summed E-state index contributed by atoms with van der Waals surface area (Å²) in [5, 5.41) is 3.83. The summed E-state index contributed by atoms with van der Waals surface area (Å²) < 4.78 is 0. The van der Waals surface area contributed by atoms with Crippen LogP contribution in [0.25, 0.3) is 11.1 Å². The third kappa shape index (κ3) is 5.77. The number of halogens is 1. The summed E-state index contributed by atoms with van der Waals surface area (Å²) in [6.45, 7) is 1.36. The third-order valence-electron chi connectivity index (χ3n) is 5.98. The molecular weight excluding hydrogens is 420 g/mol. The Morgan fingerprint density at radius 2 is 1.47 bits per heavy atom. The molecule has 164 valence electrons. The van der Waals surface area contributed by atoms with E-state index in [1.807, 2.05) is 71.6 Å². The first kappa shape index (κ1) is 22.1. The minimum absolute atomic E-state index is 0.0582. The van der Waals surface area contributed by atoms with E-state index in [4.69, 9.17) is 11.6 Å². The predicted molar refractivity (Wildman–Crippen MR) is 129 cm³/mol. The molecule has 0 bridgehead atoms. The van der Waals surface area contributed by atoms with Gasteiger partial charge in [0, 0.05) is 36.1 Å². The molecule has 1 fully saturated rings. The molecule has 4 nitrogen and oxygen atoms in total. The second kappa shape index (κ2) is 10.5. The van der Waals surface area contributed by atoms with Crippen LogP contribution < -0.4 is 5.32 Å². The van der Waals surface area contributed by atoms with Gasteiger partial charge < -0.3 is 10.2 Å². The summed E-state index contributed by atoms with van der Waals surface area (Å²) in [4.78, 5) is 27.1. The third-order valence-corrected chi connectivity index (χ3v) is 6.23. The SMILES string of the molecule is O=C(NC1CCN(C(=O)CCc2ccc(Cl)cc2)CC1)c1ccc(-c2ccccc2)cc1. The minimum Gasteiger partial charge on any atom is -0.349 e. The van der Waals surface area contributed by atoms with E-state index in [0.29, 0.717) is 36.5 Å². The highest BCUT2D eigenvalue weighted by Gasteiger charge is 2.24. The first-order chi connectivity index (χ1) is 15.6. The molecule has 0 radical (unpaired) electrons. The molecule has 2 amide bonds. The van der Waals surface area contributed by atoms with E-state index in [0.717, 1.165) is 29.5 Å². The second-order valence-electron chi connectivity index (χ2n) is 8.20. The van der Waals surface area contributed by atoms with Gasteiger partial charge in [-0.1, -0.05) is 66.2 Å². The van der Waals surface area contributed by atoms with Gasteiger partial charge in [0.05, 0.1) is 0 Å². The number of carbonyl (C=O) groups excluding carboxylic acids is 2. The van der Waals surface area contributed by atoms with Crippen LogP contribution in [0.2, 0.25) is 5.02 Å². The molecule has 1 saturated heterocycles. The molecule has 0 aromatic heterocycles. The highest BCUT2D eigenvalue weighted by Crippen LogP contribution is 2.20. The van der Waals surface area contributed by atoms with Crippen molar-refractivity contribution in [3.63, 3.8) is 0 Å². The molecule has 1 aliphatic rings. The molecule has 32 heavy (non-hydrogen) atoms. The van der Waals surface area contributed by atoms with Crippen LogP contribution in [-0.2, 0) is 11.2 Å². The normalized spacial score (nSPS) is 14.2. The molecule has 0 unspecified atom stereocenters. The summed E-state index contributed by atoms with van der Waals surface area (Å²) in [6, 6.07) is 25.5. The number of amides is 2. The summed E-state index contributed by atoms with van der Waals surface area (Å²) in [7, 11) is 0. The summed E-state index contributed by atoms with van der Waals surface area (Å²) in [5.74, 6) is 0.110. The fourth-order valence-corrected chi connectivity index (χ4v) is 4.17. The highest BCUT2D eigenvalue weighted by molar-refractivity contribution is 6.30. The van der Waals surface area contributed by atoms with Gasteiger partial charge in [-0.25, -0.2) is 0 Å². The van der Waals surface area contributed by atoms with Crippen LogP contribution in [0.15, 0.2) is 78.9 Å². The zero-order chi connectivity index (χ0) is 22.3. The lowest BCUT2D eigenvalue weighted by atomic mass is 10.0. The Balaban J connectivity index is 1.23. The first-order valence-electron chi connectivity index (χ1n) is 11.1. The van der Waals surface area contributed by atoms with Crippen LogP contribution in [0.4, 0.5) is 0 Å². The van der Waals surface area contributed by atoms with Crippen molar-refractivity contribution in [3.05, 3.63) is 95.0 Å². The Morgan fingerprint density at radius 3 is 2.12 bits per heavy atom. The number of carbonyl (C=O) groups is 2. The molecule has 1 N–H and O–H groups in total. The van der Waals surface area contributed by atoms with Crippen LogP contribution in [0.5, 0.6) is 0 Å². The van der Waals surface area contributed by atoms with Crippen molar-refractivity contribution in [2.45, 2.75) is 31.7 Å². The summed E-state index contributed by atoms with van der Waals surface area (Å²) >= 11 is 5.91. The van der Waals surface area contributed by atoms with Gasteiger partial charge in [0.25, 0.3) is 5.91 Å². The number of hydrogen-bond donors (Lipinski definition) is 1. The number of rotatable bonds is 6. The number of nitrogens with one attached hydrogen (secondary N) is 1. The van der Waals surface area contributed by atoms with Crippen molar-refractivity contribution in [3.8, 4) is 11.1 Å². The maximum atomic E-state index is 12.7. The Bertz CT molecular complexity index is 1040. The monoisotopic (exact) mass is 446 g/mol. The standard InChI is InChI=1S/C27H27ClN2O2/c28-24-13-6-20(7-14-24)8-15-26(31)30-18-16-25(17-19-30)29-27(32)23-11-9-22(10-12-23)21-4-2-1-3-5-21/h1-7,9-14,25H,8,15-19H2,(H,29,32). The van der Waals surface area contributed by atoms with E-state index in [2.05, 4.69) is 17.4 Å². The van der Waals surface area contributed by atoms with Gasteiger partial charge >= 0.3 is 0 Å². The van der Waals surface area contributed by atoms with Gasteiger partial charge in [0.2, 0.25) is 5.91 Å². The molecule has 4 rings (SSSR count). The van der Waals surface area contributed by atoms with Crippen molar-refractivity contribution >= 4 is 23.4 Å². The lowest BCUT2D eigenvalue weighted by Gasteiger charge is -2.32. The number of likely N-dealkylation sites (tertiary alicyclic amines) is 1. The molecule has 3 aromatic rings. The van der Waals surface area contributed by atoms with E-state index in [1.165, 1.54) is 0 Å². The maximum absolute atomic E-state index is 12.7. The molecule has 0 aliphatic carbocycles. The van der Waals surface area contributed by atoms with Gasteiger partial charge in [0.15, 0.2) is 0 Å². The van der Waals surface area contributed by atoms with Crippen LogP contribution in [0.3, 0.4) is 0 Å². The number of hydrogen-bond acceptors (Lipinski definition) is 2. The lowest BCUT2D eigenvalue weighted by Crippen LogP contribution is -2.46. The topological polar surface area (TPSA) is 49.4 Å². The maximum Gasteiger partial charge on any atom is 0.251 e. The fourth-order valence-electron chi connectivity index (χ4n) is 4.05. The van der Waals surface area contributed by atoms with E-state index >= 15 is 0 Å². The average Bonchev–Trinajstić information content (AvgIpc) is 2.84. The molecule has 3 aromatic carbocycles. The minimum atomic E-state index is -0.0582. The molecular formula is C27H27ClN2O2. The number of nitrogens with zero attached hydrogens (tertiary/aromatic N) is 1. The van der Waals surface area contributed by atoms with Crippen molar-refractivity contribution in [1.82, 2.24) is 10.2 Å². The van der Waals surface area contributed by atoms with Crippen LogP contribution in [-0.4, -0.2) is 35.8 Å². The van der Waals surface area contributed by atoms with E-state index in [-0.39, 0.29) is 17.9 Å². The average molecular weight is 447 g/mol. The zero-order valence-electron chi connectivity index (χ0n) is 18.0. The van der Waals surface area contributed by atoms with Gasteiger partial charge in [-0.05, 0) is 60.2 Å². The van der Waals surface area contributed by atoms with Crippen LogP contribution in [0.1, 0.15) is 35.2 Å². The molecule has 0 spiro atoms. The lowest BCUT2D eigenvalue weighted by molar-refractivity contribution is -0.132. The van der Waals surface area contributed by atoms with Gasteiger partial charge in [-0.15, -0.1) is 0 Å². The molecule has 0 atom stereocenters. The molecule has 1 aliphatic heterocycles. The Hall–Kier alpha value is -3.11. The smallest absolute Gasteiger partial charge is 0.251 e. The Labute approximate surface area is 194 Å². The van der Waals surface area contributed by atoms with E-state index in [1.54, 1.807) is 0 Å². The predicted octanol–water partition coefficient (Wildman–Crippen LogP) is 5.36. The molecule has 1 heterocycles. The summed E-state index contributed by atoms with van der Waals surface area (Å²) in [6.07, 6.45) is 2.76. The molecule has 0 saturated carbocycles.